The van der Waals surface area contributed by atoms with Gasteiger partial charge in [-0.05, 0) is 13.8 Å². The van der Waals surface area contributed by atoms with Crippen LogP contribution < -0.4 is 0 Å². The quantitative estimate of drug-likeness (QED) is 0.789. The van der Waals surface area contributed by atoms with E-state index in [9.17, 15) is 0 Å². The van der Waals surface area contributed by atoms with E-state index in [1.165, 1.54) is 5.01 Å². The molecule has 1 aromatic heterocycles. The van der Waals surface area contributed by atoms with Crippen molar-refractivity contribution < 1.29 is 4.74 Å². The van der Waals surface area contributed by atoms with Crippen LogP contribution in [0.4, 0.5) is 0 Å². The Balaban J connectivity index is 1.88. The molecule has 0 amide bonds. The van der Waals surface area contributed by atoms with Crippen molar-refractivity contribution in [3.63, 3.8) is 0 Å². The van der Waals surface area contributed by atoms with Crippen LogP contribution in [0.25, 0.3) is 0 Å². The Morgan fingerprint density at radius 1 is 1.59 bits per heavy atom. The number of thiazole rings is 1. The monoisotopic (exact) mass is 274 g/mol. The van der Waals surface area contributed by atoms with E-state index < -0.39 is 0 Å². The minimum absolute atomic E-state index is 0.144. The molecule has 96 valence electrons. The lowest BCUT2D eigenvalue weighted by atomic mass is 10.0. The maximum Gasteiger partial charge on any atom is 0.0941 e. The molecule has 0 radical (unpaired) electrons. The summed E-state index contributed by atoms with van der Waals surface area (Å²) in [4.78, 5) is 6.97. The number of aromatic nitrogens is 1. The van der Waals surface area contributed by atoms with E-state index in [1.54, 1.807) is 11.3 Å². The Morgan fingerprint density at radius 2 is 2.41 bits per heavy atom. The van der Waals surface area contributed by atoms with Gasteiger partial charge in [0.2, 0.25) is 0 Å². The highest BCUT2D eigenvalue weighted by molar-refractivity contribution is 7.09. The van der Waals surface area contributed by atoms with E-state index in [-0.39, 0.29) is 5.54 Å². The maximum atomic E-state index is 5.75. The lowest BCUT2D eigenvalue weighted by Crippen LogP contribution is -2.53. The molecule has 1 saturated heterocycles. The molecule has 0 aliphatic carbocycles. The first kappa shape index (κ1) is 13.3. The zero-order chi connectivity index (χ0) is 12.3. The number of hydrogen-bond acceptors (Lipinski definition) is 4. The van der Waals surface area contributed by atoms with Crippen LogP contribution in [-0.2, 0) is 17.0 Å². The number of alkyl halides is 1. The molecule has 5 heteroatoms. The van der Waals surface area contributed by atoms with Crippen LogP contribution in [-0.4, -0.2) is 41.7 Å². The number of morpholine rings is 1. The SMILES string of the molecule is CC1(C)COCCN1CCc1nc(CCl)cs1. The van der Waals surface area contributed by atoms with Gasteiger partial charge >= 0.3 is 0 Å². The van der Waals surface area contributed by atoms with Crippen molar-refractivity contribution in [1.82, 2.24) is 9.88 Å². The van der Waals surface area contributed by atoms with Crippen molar-refractivity contribution in [2.75, 3.05) is 26.3 Å². The van der Waals surface area contributed by atoms with Gasteiger partial charge in [0.05, 0.1) is 29.8 Å². The lowest BCUT2D eigenvalue weighted by Gasteiger charge is -2.42. The predicted molar refractivity (Wildman–Crippen MR) is 71.8 cm³/mol. The van der Waals surface area contributed by atoms with Crippen LogP contribution in [0.3, 0.4) is 0 Å². The summed E-state index contributed by atoms with van der Waals surface area (Å²) in [7, 11) is 0. The number of ether oxygens (including phenoxy) is 1. The molecular weight excluding hydrogens is 256 g/mol. The Kier molecular flexibility index (Phi) is 4.42. The van der Waals surface area contributed by atoms with Gasteiger partial charge in [0.25, 0.3) is 0 Å². The molecule has 1 fully saturated rings. The largest absolute Gasteiger partial charge is 0.378 e. The first-order valence-corrected chi connectivity index (χ1v) is 7.35. The number of hydrogen-bond donors (Lipinski definition) is 0. The molecular formula is C12H19ClN2OS. The lowest BCUT2D eigenvalue weighted by molar-refractivity contribution is -0.0502. The summed E-state index contributed by atoms with van der Waals surface area (Å²) in [6.07, 6.45) is 1.00. The fourth-order valence-electron chi connectivity index (χ4n) is 2.06. The van der Waals surface area contributed by atoms with E-state index >= 15 is 0 Å². The van der Waals surface area contributed by atoms with E-state index in [0.717, 1.165) is 38.4 Å². The highest BCUT2D eigenvalue weighted by atomic mass is 35.5. The normalized spacial score (nSPS) is 20.6. The highest BCUT2D eigenvalue weighted by Gasteiger charge is 2.29. The topological polar surface area (TPSA) is 25.4 Å². The smallest absolute Gasteiger partial charge is 0.0941 e. The third-order valence-corrected chi connectivity index (χ3v) is 4.38. The summed E-state index contributed by atoms with van der Waals surface area (Å²) in [5, 5.41) is 3.23. The molecule has 0 spiro atoms. The van der Waals surface area contributed by atoms with E-state index in [0.29, 0.717) is 5.88 Å². The average Bonchev–Trinajstić information content (AvgIpc) is 2.75. The van der Waals surface area contributed by atoms with Crippen LogP contribution in [0.15, 0.2) is 5.38 Å². The summed E-state index contributed by atoms with van der Waals surface area (Å²) in [6.45, 7) is 8.19. The molecule has 1 aliphatic heterocycles. The van der Waals surface area contributed by atoms with Crippen molar-refractivity contribution in [3.8, 4) is 0 Å². The van der Waals surface area contributed by atoms with Crippen LogP contribution in [0.5, 0.6) is 0 Å². The summed E-state index contributed by atoms with van der Waals surface area (Å²) in [5.74, 6) is 0.513. The molecule has 0 aromatic carbocycles. The van der Waals surface area contributed by atoms with Crippen molar-refractivity contribution in [3.05, 3.63) is 16.1 Å². The fraction of sp³-hybridized carbons (Fsp3) is 0.750. The van der Waals surface area contributed by atoms with Crippen LogP contribution >= 0.6 is 22.9 Å². The molecule has 0 atom stereocenters. The number of halogens is 1. The zero-order valence-electron chi connectivity index (χ0n) is 10.4. The van der Waals surface area contributed by atoms with Gasteiger partial charge in [-0.25, -0.2) is 4.98 Å². The van der Waals surface area contributed by atoms with Gasteiger partial charge in [0.1, 0.15) is 0 Å². The third-order valence-electron chi connectivity index (χ3n) is 3.15. The summed E-state index contributed by atoms with van der Waals surface area (Å²) < 4.78 is 5.52. The molecule has 0 unspecified atom stereocenters. The van der Waals surface area contributed by atoms with E-state index in [1.807, 2.05) is 5.38 Å². The van der Waals surface area contributed by atoms with Crippen molar-refractivity contribution >= 4 is 22.9 Å². The van der Waals surface area contributed by atoms with Gasteiger partial charge in [0, 0.05) is 30.4 Å². The van der Waals surface area contributed by atoms with Gasteiger partial charge in [-0.1, -0.05) is 0 Å². The Morgan fingerprint density at radius 3 is 3.06 bits per heavy atom. The first-order chi connectivity index (χ1) is 8.12. The van der Waals surface area contributed by atoms with Crippen molar-refractivity contribution in [2.24, 2.45) is 0 Å². The van der Waals surface area contributed by atoms with Gasteiger partial charge in [-0.2, -0.15) is 0 Å². The van der Waals surface area contributed by atoms with Crippen LogP contribution in [0.2, 0.25) is 0 Å². The van der Waals surface area contributed by atoms with Gasteiger partial charge < -0.3 is 4.74 Å². The van der Waals surface area contributed by atoms with Crippen LogP contribution in [0, 0.1) is 0 Å². The maximum absolute atomic E-state index is 5.75. The predicted octanol–water partition coefficient (Wildman–Crippen LogP) is 2.54. The van der Waals surface area contributed by atoms with Crippen molar-refractivity contribution in [2.45, 2.75) is 31.7 Å². The minimum atomic E-state index is 0.144. The summed E-state index contributed by atoms with van der Waals surface area (Å²) in [5.41, 5.74) is 1.14. The molecule has 0 saturated carbocycles. The summed E-state index contributed by atoms with van der Waals surface area (Å²) >= 11 is 7.46. The number of rotatable bonds is 4. The van der Waals surface area contributed by atoms with Gasteiger partial charge in [-0.15, -0.1) is 22.9 Å². The Bertz CT molecular complexity index is 367. The second-order valence-electron chi connectivity index (χ2n) is 4.97. The van der Waals surface area contributed by atoms with Gasteiger partial charge in [0.15, 0.2) is 0 Å². The first-order valence-electron chi connectivity index (χ1n) is 5.94. The molecule has 2 rings (SSSR count). The average molecular weight is 275 g/mol. The fourth-order valence-corrected chi connectivity index (χ4v) is 3.08. The van der Waals surface area contributed by atoms with Crippen LogP contribution in [0.1, 0.15) is 24.5 Å². The van der Waals surface area contributed by atoms with Crippen molar-refractivity contribution in [1.29, 1.82) is 0 Å². The van der Waals surface area contributed by atoms with E-state index in [4.69, 9.17) is 16.3 Å². The minimum Gasteiger partial charge on any atom is -0.378 e. The second kappa shape index (κ2) is 5.65. The molecule has 1 aliphatic rings. The molecule has 17 heavy (non-hydrogen) atoms. The third kappa shape index (κ3) is 3.41. The molecule has 0 N–H and O–H groups in total. The zero-order valence-corrected chi connectivity index (χ0v) is 12.0. The molecule has 3 nitrogen and oxygen atoms in total. The standard InChI is InChI=1S/C12H19ClN2OS/c1-12(2)9-16-6-5-15(12)4-3-11-14-10(7-13)8-17-11/h8H,3-7,9H2,1-2H3. The Labute approximate surface area is 112 Å². The summed E-state index contributed by atoms with van der Waals surface area (Å²) in [6, 6.07) is 0. The second-order valence-corrected chi connectivity index (χ2v) is 6.18. The van der Waals surface area contributed by atoms with Gasteiger partial charge in [-0.3, -0.25) is 4.90 Å². The highest BCUT2D eigenvalue weighted by Crippen LogP contribution is 2.20. The number of nitrogens with zero attached hydrogens (tertiary/aromatic N) is 2. The molecule has 1 aromatic rings. The molecule has 0 bridgehead atoms. The Hall–Kier alpha value is -0.160. The van der Waals surface area contributed by atoms with E-state index in [2.05, 4.69) is 23.7 Å². The molecule has 2 heterocycles.